The number of aromatic carboxylic acids is 2. The minimum atomic E-state index is -5.24. The molecule has 766 valence electrons. The lowest BCUT2D eigenvalue weighted by Crippen LogP contribution is -2.47. The number of hydrogen-bond acceptors (Lipinski definition) is 17. The average Bonchev–Trinajstić information content (AvgIpc) is 1.46. The lowest BCUT2D eigenvalue weighted by atomic mass is 9.81. The number of anilines is 3. The van der Waals surface area contributed by atoms with Crippen molar-refractivity contribution in [1.82, 2.24) is 4.58 Å². The van der Waals surface area contributed by atoms with Crippen LogP contribution >= 0.6 is 0 Å². The number of carboxylic acid groups (broad SMARTS) is 2. The first kappa shape index (κ1) is 105. The van der Waals surface area contributed by atoms with Crippen LogP contribution in [0.15, 0.2) is 249 Å². The van der Waals surface area contributed by atoms with E-state index in [0.29, 0.717) is 17.2 Å². The van der Waals surface area contributed by atoms with Crippen molar-refractivity contribution in [1.29, 1.82) is 0 Å². The number of para-hydroxylation sites is 2. The van der Waals surface area contributed by atoms with Crippen LogP contribution in [0.5, 0.6) is 11.5 Å². The quantitative estimate of drug-likeness (QED) is 0.0225. The number of aliphatic hydroxyl groups excluding tert-OH is 1. The van der Waals surface area contributed by atoms with E-state index in [9.17, 15) is 63.8 Å². The second kappa shape index (κ2) is 40.5. The van der Waals surface area contributed by atoms with Gasteiger partial charge in [-0.1, -0.05) is 176 Å². The number of benzene rings is 10. The molecule has 11 aliphatic rings. The third-order valence-electron chi connectivity index (χ3n) is 30.8. The molecule has 26 heteroatoms. The van der Waals surface area contributed by atoms with Crippen LogP contribution in [0.25, 0.3) is 39.0 Å². The van der Waals surface area contributed by atoms with E-state index in [4.69, 9.17) is 14.6 Å². The Morgan fingerprint density at radius 2 is 1.07 bits per heavy atom. The largest absolute Gasteiger partial charge is 0.744 e. The number of nitrogens with two attached hydrogens (primary N) is 1. The Balaban J connectivity index is 0.000000134. The molecule has 0 radical (unpaired) electrons. The van der Waals surface area contributed by atoms with Gasteiger partial charge in [0.15, 0.2) is 34.2 Å². The molecular formula is C121H134N7O16S3+. The van der Waals surface area contributed by atoms with Gasteiger partial charge in [0, 0.05) is 176 Å². The topological polar surface area (TPSA) is 333 Å². The van der Waals surface area contributed by atoms with E-state index in [1.807, 2.05) is 32.1 Å². The monoisotopic (exact) mass is 2040 g/mol. The zero-order valence-corrected chi connectivity index (χ0v) is 90.0. The number of nitrogens with zero attached hydrogens (tertiary/aromatic N) is 6. The van der Waals surface area contributed by atoms with Gasteiger partial charge in [0.25, 0.3) is 0 Å². The van der Waals surface area contributed by atoms with Crippen LogP contribution in [0, 0.1) is 13.8 Å². The summed E-state index contributed by atoms with van der Waals surface area (Å²) in [6.45, 7) is 46.7. The smallest absolute Gasteiger partial charge is 0.336 e. The summed E-state index contributed by atoms with van der Waals surface area (Å²) in [4.78, 5) is 30.4. The van der Waals surface area contributed by atoms with Crippen LogP contribution in [0.3, 0.4) is 0 Å². The van der Waals surface area contributed by atoms with Gasteiger partial charge in [-0.15, -0.1) is 0 Å². The fourth-order valence-corrected chi connectivity index (χ4v) is 25.8. The molecular weight excluding hydrogens is 1900 g/mol. The zero-order valence-electron chi connectivity index (χ0n) is 87.5. The summed E-state index contributed by atoms with van der Waals surface area (Å²) in [5.41, 5.74) is 26.7. The maximum Gasteiger partial charge on any atom is 0.336 e. The van der Waals surface area contributed by atoms with Crippen molar-refractivity contribution in [3.8, 4) is 33.9 Å². The van der Waals surface area contributed by atoms with E-state index >= 15 is 0 Å². The van der Waals surface area contributed by atoms with Crippen molar-refractivity contribution < 1.29 is 87.5 Å². The Morgan fingerprint density at radius 3 is 1.67 bits per heavy atom. The van der Waals surface area contributed by atoms with E-state index in [0.717, 1.165) is 159 Å². The van der Waals surface area contributed by atoms with Crippen molar-refractivity contribution in [3.63, 3.8) is 0 Å². The summed E-state index contributed by atoms with van der Waals surface area (Å²) < 4.78 is 128. The molecule has 0 atom stereocenters. The Bertz CT molecular complexity index is 8090. The molecule has 1 aliphatic carbocycles. The van der Waals surface area contributed by atoms with Crippen LogP contribution in [-0.2, 0) is 77.7 Å². The van der Waals surface area contributed by atoms with Gasteiger partial charge in [-0.25, -0.2) is 39.4 Å². The fourth-order valence-electron chi connectivity index (χ4n) is 23.8. The Hall–Kier alpha value is -13.1. The molecule has 23 nitrogen and oxygen atoms in total. The molecule has 0 bridgehead atoms. The Morgan fingerprint density at radius 1 is 0.517 bits per heavy atom. The number of aryl methyl sites for hydroxylation is 4. The van der Waals surface area contributed by atoms with Crippen molar-refractivity contribution in [2.45, 2.75) is 250 Å². The summed E-state index contributed by atoms with van der Waals surface area (Å²) >= 11 is 0. The molecule has 10 aliphatic heterocycles. The highest BCUT2D eigenvalue weighted by Crippen LogP contribution is 2.55. The van der Waals surface area contributed by atoms with Crippen LogP contribution in [0.1, 0.15) is 260 Å². The van der Waals surface area contributed by atoms with Gasteiger partial charge in [0.1, 0.15) is 66.4 Å². The molecule has 5 N–H and O–H groups in total. The number of allylic oxidation sites excluding steroid dienone is 12. The molecule has 10 heterocycles. The SMILES string of the molecule is CC(C)N1\C(=C/C=C/C=C/C2=[N+](CCCO)c3ccccc3C2(C)C)C(C)(C)c2ccccc21.CC(C)c1ccc(C2=c3cc4c5c(c3Oc3c2cc2c6c3CCCN6CCC2)CCC[N+]=5CCC4)c(C(=O)O)c1.CC[N+]1=C(C=CC=CC=C2N(C(C)C)c3ccc(S(=O)(=O)[O-])cc3C2(C)C)C(C)(C)c2cc(C)ccc21.Cc1ccc2c(-c3ccc(C(C)C)cc3C(=O)O)c3ccc(=[NH2+])c(S(=O)(=O)[O-])c-3oc2c1S(=O)(=O)[O-]. The van der Waals surface area contributed by atoms with Gasteiger partial charge in [-0.2, -0.15) is 9.15 Å². The van der Waals surface area contributed by atoms with E-state index in [-0.39, 0.29) is 78.8 Å². The summed E-state index contributed by atoms with van der Waals surface area (Å²) in [5, 5.41) is 37.8. The zero-order chi connectivity index (χ0) is 106. The molecule has 9 aromatic rings. The summed E-state index contributed by atoms with van der Waals surface area (Å²) in [5.74, 6) is -0.569. The number of fused-ring (bicyclic) bond motifs is 10. The first-order valence-electron chi connectivity index (χ1n) is 51.3. The number of hydrogen-bond donors (Lipinski definition) is 4. The predicted molar refractivity (Wildman–Crippen MR) is 578 cm³/mol. The van der Waals surface area contributed by atoms with Crippen LogP contribution < -0.4 is 45.4 Å². The molecule has 20 rings (SSSR count). The van der Waals surface area contributed by atoms with E-state index in [2.05, 4.69) is 279 Å². The van der Waals surface area contributed by atoms with Gasteiger partial charge in [0.2, 0.25) is 22.1 Å². The summed E-state index contributed by atoms with van der Waals surface area (Å²) in [7, 11) is -14.9. The standard InChI is InChI=1S/C35H36N2O3.C31H38N2O3S.C31H39N2O.C24H21NO9S2/c1-20(2)21-11-12-24(27(17-21)35(38)39)30-28-18-22-7-3-13-36-15-5-9-25(31(22)36)33(28)40-34-26-10-6-16-37-14-4-8-23(32(26)37)19-29(30)34;1-9-32-26-17-15-22(4)19-24(26)30(5,6)28(32)13-11-10-12-14-29-31(7,8)25-20-23(37(34,35)36)16-18-27(25)33(29)21(2)3;1-23(2)33-27-18-13-11-16-25(27)31(5,6)29(33)20-9-7-8-19-28-30(3,4)24-15-10-12-17-26(24)32(28)21-14-22-34;1-11(2)13-5-7-14(17(10-13)24(26)27)19-15-6-4-12(3)22(35(28,29)30)20(15)34-21-16(19)8-9-18(25)23(21)36(31,32)33/h11-12,17-20H,3-10,13-16H2,1-2H3;10-21H,9H2,1-8H3;7-13,15-20,23,34H,14,21-22H2,1-6H3;4-11,25H,1-3H3,(H,26,27)(H,28,29,30)(H,31,32,33)/q;;+1;. The minimum absolute atomic E-state index is 0.00981. The first-order chi connectivity index (χ1) is 69.5. The highest BCUT2D eigenvalue weighted by atomic mass is 32.2. The van der Waals surface area contributed by atoms with E-state index in [1.165, 1.54) is 139 Å². The van der Waals surface area contributed by atoms with Crippen LogP contribution in [0.2, 0.25) is 0 Å². The Kier molecular flexibility index (Phi) is 29.0. The molecule has 0 spiro atoms. The van der Waals surface area contributed by atoms with E-state index in [1.54, 1.807) is 12.1 Å². The molecule has 0 fully saturated rings. The number of carbonyl (C=O) groups is 2. The van der Waals surface area contributed by atoms with Gasteiger partial charge < -0.3 is 52.8 Å². The maximum atomic E-state index is 12.8. The molecule has 0 amide bonds. The number of aliphatic hydroxyl groups is 1. The minimum Gasteiger partial charge on any atom is -0.744 e. The fraction of sp³-hybridized carbons (Fsp3) is 0.355. The average molecular weight is 2040 g/mol. The molecule has 0 unspecified atom stereocenters. The maximum absolute atomic E-state index is 12.8. The van der Waals surface area contributed by atoms with Crippen LogP contribution in [0.4, 0.5) is 28.4 Å². The van der Waals surface area contributed by atoms with Crippen LogP contribution in [-0.4, -0.2) is 145 Å². The van der Waals surface area contributed by atoms with Crippen molar-refractivity contribution in [3.05, 3.63) is 335 Å². The summed E-state index contributed by atoms with van der Waals surface area (Å²) in [6.07, 6.45) is 30.9. The van der Waals surface area contributed by atoms with Gasteiger partial charge >= 0.3 is 11.9 Å². The third-order valence-corrected chi connectivity index (χ3v) is 33.6. The van der Waals surface area contributed by atoms with Gasteiger partial charge in [-0.3, -0.25) is 5.41 Å². The lowest BCUT2D eigenvalue weighted by molar-refractivity contribution is -0.438. The third kappa shape index (κ3) is 19.4. The molecule has 0 aromatic heterocycles. The second-order valence-corrected chi connectivity index (χ2v) is 47.2. The van der Waals surface area contributed by atoms with Gasteiger partial charge in [0.05, 0.1) is 32.4 Å². The highest BCUT2D eigenvalue weighted by molar-refractivity contribution is 7.86. The van der Waals surface area contributed by atoms with Crippen molar-refractivity contribution >= 4 is 98.7 Å². The highest BCUT2D eigenvalue weighted by Gasteiger charge is 2.48. The molecule has 0 saturated carbocycles. The van der Waals surface area contributed by atoms with Crippen molar-refractivity contribution in [2.24, 2.45) is 0 Å². The molecule has 9 aromatic carbocycles. The summed E-state index contributed by atoms with van der Waals surface area (Å²) in [6, 6.07) is 50.1. The number of carboxylic acids is 2. The van der Waals surface area contributed by atoms with Crippen molar-refractivity contribution in [2.75, 3.05) is 60.6 Å². The number of ether oxygens (including phenoxy) is 1. The lowest BCUT2D eigenvalue weighted by Gasteiger charge is -2.39. The predicted octanol–water partition coefficient (Wildman–Crippen LogP) is 19.9. The number of rotatable bonds is 21. The normalized spacial score (nSPS) is 17.6. The molecule has 0 saturated heterocycles. The second-order valence-electron chi connectivity index (χ2n) is 43.2. The van der Waals surface area contributed by atoms with E-state index < -0.39 is 74.2 Å². The molecule has 147 heavy (non-hydrogen) atoms. The van der Waals surface area contributed by atoms with Gasteiger partial charge in [-0.05, 0) is 244 Å². The first-order valence-corrected chi connectivity index (χ1v) is 55.5. The Labute approximate surface area is 863 Å².